The van der Waals surface area contributed by atoms with E-state index in [0.717, 1.165) is 32.4 Å². The van der Waals surface area contributed by atoms with E-state index in [4.69, 9.17) is 0 Å². The summed E-state index contributed by atoms with van der Waals surface area (Å²) in [6, 6.07) is 6.10. The van der Waals surface area contributed by atoms with Gasteiger partial charge in [-0.3, -0.25) is 9.69 Å². The molecule has 0 bridgehead atoms. The summed E-state index contributed by atoms with van der Waals surface area (Å²) in [5, 5.41) is 9.37. The third-order valence-corrected chi connectivity index (χ3v) is 4.14. The van der Waals surface area contributed by atoms with E-state index in [1.165, 1.54) is 16.7 Å². The molecular formula is C16H23NO2. The van der Waals surface area contributed by atoms with E-state index in [1.807, 2.05) is 0 Å². The predicted octanol–water partition coefficient (Wildman–Crippen LogP) is 2.79. The Morgan fingerprint density at radius 1 is 1.26 bits per heavy atom. The van der Waals surface area contributed by atoms with Gasteiger partial charge in [-0.2, -0.15) is 0 Å². The van der Waals surface area contributed by atoms with Crippen molar-refractivity contribution in [3.63, 3.8) is 0 Å². The highest BCUT2D eigenvalue weighted by Gasteiger charge is 2.27. The number of aryl methyl sites for hydroxylation is 3. The predicted molar refractivity (Wildman–Crippen MR) is 76.5 cm³/mol. The Labute approximate surface area is 115 Å². The van der Waals surface area contributed by atoms with Crippen LogP contribution in [0, 0.1) is 13.8 Å². The molecule has 2 rings (SSSR count). The zero-order chi connectivity index (χ0) is 13.8. The summed E-state index contributed by atoms with van der Waals surface area (Å²) in [5.74, 6) is -0.675. The standard InChI is InChI=1S/C16H23NO2/c1-12-5-6-14(11-13(12)2)7-8-15(16(18)19)17-9-3-4-10-17/h5-6,11,15H,3-4,7-10H2,1-2H3,(H,18,19). The van der Waals surface area contributed by atoms with Crippen molar-refractivity contribution in [2.24, 2.45) is 0 Å². The number of rotatable bonds is 5. The molecule has 1 N–H and O–H groups in total. The van der Waals surface area contributed by atoms with Crippen LogP contribution in [0.1, 0.15) is 36.0 Å². The Morgan fingerprint density at radius 2 is 1.95 bits per heavy atom. The molecule has 0 aliphatic carbocycles. The minimum atomic E-state index is -0.675. The number of hydrogen-bond donors (Lipinski definition) is 1. The molecule has 0 radical (unpaired) electrons. The molecule has 3 heteroatoms. The third kappa shape index (κ3) is 3.57. The Balaban J connectivity index is 1.98. The van der Waals surface area contributed by atoms with Crippen LogP contribution in [-0.2, 0) is 11.2 Å². The minimum absolute atomic E-state index is 0.316. The Bertz CT molecular complexity index is 450. The quantitative estimate of drug-likeness (QED) is 0.886. The van der Waals surface area contributed by atoms with Gasteiger partial charge < -0.3 is 5.11 Å². The first-order valence-corrected chi connectivity index (χ1v) is 7.11. The molecule has 1 aromatic rings. The number of nitrogens with zero attached hydrogens (tertiary/aromatic N) is 1. The smallest absolute Gasteiger partial charge is 0.320 e. The number of carboxylic acid groups (broad SMARTS) is 1. The van der Waals surface area contributed by atoms with Gasteiger partial charge in [-0.25, -0.2) is 0 Å². The van der Waals surface area contributed by atoms with Crippen LogP contribution < -0.4 is 0 Å². The van der Waals surface area contributed by atoms with Crippen LogP contribution in [-0.4, -0.2) is 35.1 Å². The lowest BCUT2D eigenvalue weighted by atomic mass is 10.0. The highest BCUT2D eigenvalue weighted by atomic mass is 16.4. The van der Waals surface area contributed by atoms with Gasteiger partial charge in [-0.1, -0.05) is 18.2 Å². The van der Waals surface area contributed by atoms with E-state index in [9.17, 15) is 9.90 Å². The molecule has 104 valence electrons. The maximum absolute atomic E-state index is 11.4. The van der Waals surface area contributed by atoms with E-state index < -0.39 is 5.97 Å². The lowest BCUT2D eigenvalue weighted by molar-refractivity contribution is -0.143. The maximum Gasteiger partial charge on any atom is 0.320 e. The fourth-order valence-corrected chi connectivity index (χ4v) is 2.78. The van der Waals surface area contributed by atoms with E-state index in [1.54, 1.807) is 0 Å². The molecule has 1 aromatic carbocycles. The first-order chi connectivity index (χ1) is 9.08. The van der Waals surface area contributed by atoms with Crippen molar-refractivity contribution in [2.45, 2.75) is 45.6 Å². The van der Waals surface area contributed by atoms with E-state index in [2.05, 4.69) is 36.9 Å². The monoisotopic (exact) mass is 261 g/mol. The third-order valence-electron chi connectivity index (χ3n) is 4.14. The lowest BCUT2D eigenvalue weighted by Crippen LogP contribution is -2.39. The van der Waals surface area contributed by atoms with Gasteiger partial charge in [0.2, 0.25) is 0 Å². The number of aliphatic carboxylic acids is 1. The number of carboxylic acids is 1. The molecule has 1 unspecified atom stereocenters. The van der Waals surface area contributed by atoms with Crippen LogP contribution in [0.3, 0.4) is 0 Å². The molecule has 1 saturated heterocycles. The fourth-order valence-electron chi connectivity index (χ4n) is 2.78. The van der Waals surface area contributed by atoms with Gasteiger partial charge in [-0.15, -0.1) is 0 Å². The number of hydrogen-bond acceptors (Lipinski definition) is 2. The fraction of sp³-hybridized carbons (Fsp3) is 0.562. The zero-order valence-corrected chi connectivity index (χ0v) is 11.9. The average Bonchev–Trinajstić information content (AvgIpc) is 2.87. The molecule has 1 heterocycles. The molecule has 1 aliphatic heterocycles. The molecule has 0 spiro atoms. The van der Waals surface area contributed by atoms with Gasteiger partial charge in [-0.05, 0) is 69.3 Å². The molecule has 1 fully saturated rings. The van der Waals surface area contributed by atoms with Crippen molar-refractivity contribution < 1.29 is 9.90 Å². The summed E-state index contributed by atoms with van der Waals surface area (Å²) in [7, 11) is 0. The van der Waals surface area contributed by atoms with E-state index in [0.29, 0.717) is 6.42 Å². The van der Waals surface area contributed by atoms with Crippen molar-refractivity contribution in [1.82, 2.24) is 4.90 Å². The second-order valence-corrected chi connectivity index (χ2v) is 5.55. The molecule has 0 aromatic heterocycles. The van der Waals surface area contributed by atoms with Crippen molar-refractivity contribution in [1.29, 1.82) is 0 Å². The first kappa shape index (κ1) is 14.1. The topological polar surface area (TPSA) is 40.5 Å². The van der Waals surface area contributed by atoms with Crippen molar-refractivity contribution in [2.75, 3.05) is 13.1 Å². The van der Waals surface area contributed by atoms with Crippen LogP contribution >= 0.6 is 0 Å². The Morgan fingerprint density at radius 3 is 2.53 bits per heavy atom. The lowest BCUT2D eigenvalue weighted by Gasteiger charge is -2.23. The van der Waals surface area contributed by atoms with Crippen molar-refractivity contribution >= 4 is 5.97 Å². The average molecular weight is 261 g/mol. The molecule has 0 saturated carbocycles. The highest BCUT2D eigenvalue weighted by molar-refractivity contribution is 5.73. The van der Waals surface area contributed by atoms with Crippen LogP contribution in [0.4, 0.5) is 0 Å². The van der Waals surface area contributed by atoms with Crippen LogP contribution in [0.2, 0.25) is 0 Å². The largest absolute Gasteiger partial charge is 0.480 e. The van der Waals surface area contributed by atoms with Crippen LogP contribution in [0.25, 0.3) is 0 Å². The summed E-state index contributed by atoms with van der Waals surface area (Å²) in [6.45, 7) is 6.07. The molecule has 1 atom stereocenters. The molecular weight excluding hydrogens is 238 g/mol. The van der Waals surface area contributed by atoms with Crippen LogP contribution in [0.15, 0.2) is 18.2 Å². The molecule has 19 heavy (non-hydrogen) atoms. The number of carbonyl (C=O) groups is 1. The normalized spacial score (nSPS) is 17.6. The highest BCUT2D eigenvalue weighted by Crippen LogP contribution is 2.18. The van der Waals surface area contributed by atoms with E-state index in [-0.39, 0.29) is 6.04 Å². The van der Waals surface area contributed by atoms with Crippen LogP contribution in [0.5, 0.6) is 0 Å². The summed E-state index contributed by atoms with van der Waals surface area (Å²) in [6.07, 6.45) is 3.81. The van der Waals surface area contributed by atoms with Gasteiger partial charge in [0.15, 0.2) is 0 Å². The number of likely N-dealkylation sites (tertiary alicyclic amines) is 1. The van der Waals surface area contributed by atoms with Crippen molar-refractivity contribution in [3.8, 4) is 0 Å². The Kier molecular flexibility index (Phi) is 4.59. The van der Waals surface area contributed by atoms with Gasteiger partial charge in [0, 0.05) is 0 Å². The summed E-state index contributed by atoms with van der Waals surface area (Å²) in [5.41, 5.74) is 3.82. The van der Waals surface area contributed by atoms with Crippen molar-refractivity contribution in [3.05, 3.63) is 34.9 Å². The SMILES string of the molecule is Cc1ccc(CCC(C(=O)O)N2CCCC2)cc1C. The first-order valence-electron chi connectivity index (χ1n) is 7.11. The van der Waals surface area contributed by atoms with Gasteiger partial charge in [0.1, 0.15) is 6.04 Å². The Hall–Kier alpha value is -1.35. The molecule has 1 aliphatic rings. The minimum Gasteiger partial charge on any atom is -0.480 e. The maximum atomic E-state index is 11.4. The van der Waals surface area contributed by atoms with E-state index >= 15 is 0 Å². The molecule has 0 amide bonds. The summed E-state index contributed by atoms with van der Waals surface area (Å²) < 4.78 is 0. The number of benzene rings is 1. The summed E-state index contributed by atoms with van der Waals surface area (Å²) in [4.78, 5) is 13.5. The summed E-state index contributed by atoms with van der Waals surface area (Å²) >= 11 is 0. The second kappa shape index (κ2) is 6.20. The zero-order valence-electron chi connectivity index (χ0n) is 11.9. The van der Waals surface area contributed by atoms with Gasteiger partial charge in [0.25, 0.3) is 0 Å². The van der Waals surface area contributed by atoms with Gasteiger partial charge >= 0.3 is 5.97 Å². The molecule has 3 nitrogen and oxygen atoms in total. The van der Waals surface area contributed by atoms with Gasteiger partial charge in [0.05, 0.1) is 0 Å². The second-order valence-electron chi connectivity index (χ2n) is 5.55.